The van der Waals surface area contributed by atoms with Crippen molar-refractivity contribution in [2.45, 2.75) is 50.6 Å². The van der Waals surface area contributed by atoms with Gasteiger partial charge in [0.25, 0.3) is 0 Å². The number of hydrogen-bond acceptors (Lipinski definition) is 6. The van der Waals surface area contributed by atoms with Gasteiger partial charge in [0.05, 0.1) is 22.8 Å². The van der Waals surface area contributed by atoms with Crippen LogP contribution in [0.25, 0.3) is 0 Å². The van der Waals surface area contributed by atoms with Crippen LogP contribution < -0.4 is 15.1 Å². The van der Waals surface area contributed by atoms with E-state index in [1.807, 2.05) is 17.5 Å². The van der Waals surface area contributed by atoms with Crippen LogP contribution in [0.1, 0.15) is 38.0 Å². The van der Waals surface area contributed by atoms with Crippen LogP contribution in [0, 0.1) is 0 Å². The van der Waals surface area contributed by atoms with Crippen LogP contribution in [0.15, 0.2) is 40.6 Å². The molecule has 2 amide bonds. The molecule has 0 unspecified atom stereocenters. The molecule has 1 aromatic carbocycles. The first-order valence-corrected chi connectivity index (χ1v) is 13.7. The molecule has 0 spiro atoms. The molecule has 33 heavy (non-hydrogen) atoms. The highest BCUT2D eigenvalue weighted by Gasteiger charge is 2.40. The average molecular weight is 491 g/mol. The van der Waals surface area contributed by atoms with Crippen LogP contribution >= 0.6 is 11.3 Å². The molecular weight excluding hydrogens is 460 g/mol. The molecule has 2 aliphatic heterocycles. The maximum Gasteiger partial charge on any atom is 0.250 e. The summed E-state index contributed by atoms with van der Waals surface area (Å²) in [6.07, 6.45) is 2.66. The lowest BCUT2D eigenvalue weighted by Crippen LogP contribution is -2.57. The fraction of sp³-hybridized carbons (Fsp3) is 0.478. The van der Waals surface area contributed by atoms with E-state index in [0.717, 1.165) is 36.4 Å². The third-order valence-corrected chi connectivity index (χ3v) is 9.21. The van der Waals surface area contributed by atoms with Crippen LogP contribution in [-0.4, -0.2) is 56.8 Å². The van der Waals surface area contributed by atoms with Crippen LogP contribution in [0.2, 0.25) is 0 Å². The normalized spacial score (nSPS) is 18.3. The number of rotatable bonds is 8. The molecule has 10 heteroatoms. The summed E-state index contributed by atoms with van der Waals surface area (Å²) in [5.74, 6) is -0.421. The summed E-state index contributed by atoms with van der Waals surface area (Å²) >= 11 is 1.55. The summed E-state index contributed by atoms with van der Waals surface area (Å²) < 4.78 is 27.7. The van der Waals surface area contributed by atoms with E-state index in [0.29, 0.717) is 25.3 Å². The summed E-state index contributed by atoms with van der Waals surface area (Å²) in [6.45, 7) is 5.31. The number of nitrogens with zero attached hydrogens (tertiary/aromatic N) is 3. The summed E-state index contributed by atoms with van der Waals surface area (Å²) in [4.78, 5) is 30.9. The predicted octanol–water partition coefficient (Wildman–Crippen LogP) is 2.80. The molecule has 0 radical (unpaired) electrons. The first-order valence-electron chi connectivity index (χ1n) is 11.4. The average Bonchev–Trinajstić information content (AvgIpc) is 3.34. The van der Waals surface area contributed by atoms with Crippen LogP contribution in [-0.2, 0) is 26.2 Å². The zero-order chi connectivity index (χ0) is 23.6. The Labute approximate surface area is 199 Å². The molecule has 3 heterocycles. The van der Waals surface area contributed by atoms with E-state index < -0.39 is 10.0 Å². The zero-order valence-electron chi connectivity index (χ0n) is 19.0. The molecule has 2 aliphatic rings. The number of amides is 2. The van der Waals surface area contributed by atoms with E-state index in [9.17, 15) is 18.0 Å². The van der Waals surface area contributed by atoms with E-state index in [4.69, 9.17) is 0 Å². The van der Waals surface area contributed by atoms with Crippen molar-refractivity contribution in [3.63, 3.8) is 0 Å². The Kier molecular flexibility index (Phi) is 7.06. The Balaban J connectivity index is 1.67. The molecule has 1 fully saturated rings. The van der Waals surface area contributed by atoms with E-state index in [-0.39, 0.29) is 29.3 Å². The number of carbonyl (C=O) groups is 2. The molecule has 2 aromatic rings. The first kappa shape index (κ1) is 23.7. The number of carbonyl (C=O) groups excluding carboxylic acids is 2. The number of sulfonamides is 1. The van der Waals surface area contributed by atoms with E-state index in [1.165, 1.54) is 9.21 Å². The molecule has 178 valence electrons. The van der Waals surface area contributed by atoms with Gasteiger partial charge in [-0.2, -0.15) is 4.31 Å². The second-order valence-corrected chi connectivity index (χ2v) is 11.2. The van der Waals surface area contributed by atoms with Gasteiger partial charge >= 0.3 is 0 Å². The number of benzene rings is 1. The number of hydrogen-bond donors (Lipinski definition) is 1. The van der Waals surface area contributed by atoms with Gasteiger partial charge in [-0.15, -0.1) is 11.3 Å². The van der Waals surface area contributed by atoms with Crippen molar-refractivity contribution in [3.05, 3.63) is 40.6 Å². The van der Waals surface area contributed by atoms with Crippen LogP contribution in [0.4, 0.5) is 11.4 Å². The topological polar surface area (TPSA) is 90.0 Å². The summed E-state index contributed by atoms with van der Waals surface area (Å²) in [5, 5.41) is 4.82. The van der Waals surface area contributed by atoms with Gasteiger partial charge < -0.3 is 10.2 Å². The molecule has 1 atom stereocenters. The zero-order valence-corrected chi connectivity index (χ0v) is 20.6. The molecule has 0 aliphatic carbocycles. The largest absolute Gasteiger partial charge is 0.358 e. The fourth-order valence-corrected chi connectivity index (χ4v) is 6.70. The van der Waals surface area contributed by atoms with Crippen molar-refractivity contribution < 1.29 is 18.0 Å². The minimum absolute atomic E-state index is 0.136. The maximum absolute atomic E-state index is 13.4. The SMILES string of the molecule is CCN(CC)S(=O)(=O)c1ccc2c(c1)N(CC(=O)NCc1cccs1)C(=O)[C@@H]1CCCCN21. The molecular formula is C23H30N4O4S2. The molecule has 0 bridgehead atoms. The van der Waals surface area contributed by atoms with Crippen molar-refractivity contribution in [3.8, 4) is 0 Å². The number of anilines is 2. The van der Waals surface area contributed by atoms with Gasteiger partial charge in [0.15, 0.2) is 0 Å². The van der Waals surface area contributed by atoms with Crippen LogP contribution in [0.3, 0.4) is 0 Å². The summed E-state index contributed by atoms with van der Waals surface area (Å²) in [6, 6.07) is 8.50. The molecule has 8 nitrogen and oxygen atoms in total. The Morgan fingerprint density at radius 1 is 1.18 bits per heavy atom. The Morgan fingerprint density at radius 2 is 1.97 bits per heavy atom. The number of fused-ring (bicyclic) bond motifs is 3. The van der Waals surface area contributed by atoms with Crippen molar-refractivity contribution >= 4 is 44.5 Å². The lowest BCUT2D eigenvalue weighted by Gasteiger charge is -2.45. The molecule has 4 rings (SSSR count). The molecule has 1 saturated heterocycles. The van der Waals surface area contributed by atoms with E-state index >= 15 is 0 Å². The van der Waals surface area contributed by atoms with Gasteiger partial charge in [0, 0.05) is 24.5 Å². The van der Waals surface area contributed by atoms with Gasteiger partial charge in [0.1, 0.15) is 12.6 Å². The van der Waals surface area contributed by atoms with Crippen molar-refractivity contribution in [2.75, 3.05) is 36.0 Å². The highest BCUT2D eigenvalue weighted by Crippen LogP contribution is 2.41. The summed E-state index contributed by atoms with van der Waals surface area (Å²) in [5.41, 5.74) is 1.29. The van der Waals surface area contributed by atoms with Gasteiger partial charge in [-0.25, -0.2) is 8.42 Å². The second-order valence-electron chi connectivity index (χ2n) is 8.23. The minimum atomic E-state index is -3.70. The third kappa shape index (κ3) is 4.64. The number of nitrogens with one attached hydrogen (secondary N) is 1. The highest BCUT2D eigenvalue weighted by atomic mass is 32.2. The van der Waals surface area contributed by atoms with E-state index in [2.05, 4.69) is 10.2 Å². The quantitative estimate of drug-likeness (QED) is 0.615. The van der Waals surface area contributed by atoms with Gasteiger partial charge in [-0.1, -0.05) is 19.9 Å². The molecule has 1 aromatic heterocycles. The first-order chi connectivity index (χ1) is 15.9. The predicted molar refractivity (Wildman–Crippen MR) is 130 cm³/mol. The maximum atomic E-state index is 13.4. The minimum Gasteiger partial charge on any atom is -0.358 e. The van der Waals surface area contributed by atoms with Gasteiger partial charge in [0.2, 0.25) is 21.8 Å². The highest BCUT2D eigenvalue weighted by molar-refractivity contribution is 7.89. The lowest BCUT2D eigenvalue weighted by atomic mass is 9.96. The fourth-order valence-electron chi connectivity index (χ4n) is 4.57. The number of piperidine rings is 1. The Hall–Kier alpha value is -2.43. The Bertz CT molecular complexity index is 1110. The molecule has 1 N–H and O–H groups in total. The second kappa shape index (κ2) is 9.82. The van der Waals surface area contributed by atoms with Crippen molar-refractivity contribution in [2.24, 2.45) is 0 Å². The van der Waals surface area contributed by atoms with Gasteiger partial charge in [-0.3, -0.25) is 14.5 Å². The van der Waals surface area contributed by atoms with Crippen molar-refractivity contribution in [1.29, 1.82) is 0 Å². The monoisotopic (exact) mass is 490 g/mol. The summed E-state index contributed by atoms with van der Waals surface area (Å²) in [7, 11) is -3.70. The van der Waals surface area contributed by atoms with E-state index in [1.54, 1.807) is 43.4 Å². The van der Waals surface area contributed by atoms with Crippen LogP contribution in [0.5, 0.6) is 0 Å². The molecule has 0 saturated carbocycles. The number of thiophene rings is 1. The smallest absolute Gasteiger partial charge is 0.250 e. The van der Waals surface area contributed by atoms with Gasteiger partial charge in [-0.05, 0) is 48.9 Å². The third-order valence-electron chi connectivity index (χ3n) is 6.29. The lowest BCUT2D eigenvalue weighted by molar-refractivity contribution is -0.125. The Morgan fingerprint density at radius 3 is 2.67 bits per heavy atom. The van der Waals surface area contributed by atoms with Crippen molar-refractivity contribution in [1.82, 2.24) is 9.62 Å². The standard InChI is InChI=1S/C23H30N4O4S2/c1-3-25(4-2)33(30,31)18-10-11-19-21(14-18)27(23(29)20-9-5-6-12-26(19)20)16-22(28)24-15-17-8-7-13-32-17/h7-8,10-11,13-14,20H,3-6,9,12,15-16H2,1-2H3,(H,24,28)/t20-/m0/s1.